The van der Waals surface area contributed by atoms with Gasteiger partial charge in [0.25, 0.3) is 0 Å². The van der Waals surface area contributed by atoms with Crippen LogP contribution in [0.1, 0.15) is 27.2 Å². The van der Waals surface area contributed by atoms with Crippen LogP contribution in [-0.2, 0) is 9.53 Å². The zero-order valence-electron chi connectivity index (χ0n) is 12.5. The van der Waals surface area contributed by atoms with Gasteiger partial charge in [-0.2, -0.15) is 0 Å². The number of hydrogen-bond acceptors (Lipinski definition) is 7. The van der Waals surface area contributed by atoms with Gasteiger partial charge in [0.2, 0.25) is 5.95 Å². The minimum Gasteiger partial charge on any atom is -0.460 e. The van der Waals surface area contributed by atoms with Gasteiger partial charge in [-0.25, -0.2) is 9.97 Å². The van der Waals surface area contributed by atoms with Crippen molar-refractivity contribution in [2.24, 2.45) is 5.92 Å². The van der Waals surface area contributed by atoms with Crippen molar-refractivity contribution in [1.29, 1.82) is 0 Å². The number of rotatable bonds is 3. The molecule has 1 saturated heterocycles. The number of hydrogen-bond donors (Lipinski definition) is 2. The normalized spacial score (nSPS) is 18.7. The molecule has 0 amide bonds. The van der Waals surface area contributed by atoms with Crippen LogP contribution < -0.4 is 10.4 Å². The van der Waals surface area contributed by atoms with Gasteiger partial charge in [-0.15, -0.1) is 0 Å². The molecule has 2 heterocycles. The van der Waals surface area contributed by atoms with E-state index in [0.29, 0.717) is 25.5 Å². The molecule has 21 heavy (non-hydrogen) atoms. The van der Waals surface area contributed by atoms with E-state index >= 15 is 0 Å². The summed E-state index contributed by atoms with van der Waals surface area (Å²) >= 11 is 0. The topological polar surface area (TPSA) is 95.8 Å². The van der Waals surface area contributed by atoms with E-state index in [2.05, 4.69) is 9.97 Å². The van der Waals surface area contributed by atoms with Gasteiger partial charge in [0, 0.05) is 30.9 Å². The predicted molar refractivity (Wildman–Crippen MR) is 78.0 cm³/mol. The summed E-state index contributed by atoms with van der Waals surface area (Å²) in [7, 11) is -1.58. The number of nitrogens with zero attached hydrogens (tertiary/aromatic N) is 3. The first-order valence-corrected chi connectivity index (χ1v) is 6.92. The SMILES string of the molecule is CC(C)(C)OC(=O)[C@H]1CCN(c2ncc(B(O)O)cn2)C1. The van der Waals surface area contributed by atoms with Gasteiger partial charge in [-0.1, -0.05) is 0 Å². The third-order valence-electron chi connectivity index (χ3n) is 3.17. The number of carbonyl (C=O) groups is 1. The summed E-state index contributed by atoms with van der Waals surface area (Å²) in [5, 5.41) is 18.0. The van der Waals surface area contributed by atoms with Crippen molar-refractivity contribution >= 4 is 24.5 Å². The van der Waals surface area contributed by atoms with Gasteiger partial charge >= 0.3 is 13.1 Å². The number of carbonyl (C=O) groups excluding carboxylic acids is 1. The average molecular weight is 293 g/mol. The van der Waals surface area contributed by atoms with E-state index in [1.165, 1.54) is 12.4 Å². The Morgan fingerprint density at radius 1 is 1.38 bits per heavy atom. The summed E-state index contributed by atoms with van der Waals surface area (Å²) in [6.07, 6.45) is 3.43. The highest BCUT2D eigenvalue weighted by Gasteiger charge is 2.33. The molecule has 7 nitrogen and oxygen atoms in total. The molecule has 0 saturated carbocycles. The van der Waals surface area contributed by atoms with Crippen LogP contribution in [0.5, 0.6) is 0 Å². The molecule has 0 bridgehead atoms. The fourth-order valence-corrected chi connectivity index (χ4v) is 2.15. The van der Waals surface area contributed by atoms with Crippen LogP contribution in [0, 0.1) is 5.92 Å². The van der Waals surface area contributed by atoms with Gasteiger partial charge in [0.05, 0.1) is 5.92 Å². The van der Waals surface area contributed by atoms with E-state index in [9.17, 15) is 4.79 Å². The molecule has 0 aromatic carbocycles. The highest BCUT2D eigenvalue weighted by atomic mass is 16.6. The molecule has 1 atom stereocenters. The molecule has 0 spiro atoms. The molecule has 0 unspecified atom stereocenters. The Morgan fingerprint density at radius 2 is 2.00 bits per heavy atom. The molecule has 2 N–H and O–H groups in total. The maximum atomic E-state index is 12.0. The predicted octanol–water partition coefficient (Wildman–Crippen LogP) is -0.676. The molecule has 114 valence electrons. The number of aromatic nitrogens is 2. The second-order valence-corrected chi connectivity index (χ2v) is 6.16. The van der Waals surface area contributed by atoms with E-state index < -0.39 is 12.7 Å². The lowest BCUT2D eigenvalue weighted by Gasteiger charge is -2.22. The van der Waals surface area contributed by atoms with Crippen molar-refractivity contribution in [2.45, 2.75) is 32.8 Å². The second-order valence-electron chi connectivity index (χ2n) is 6.16. The zero-order chi connectivity index (χ0) is 15.6. The molecular weight excluding hydrogens is 273 g/mol. The molecule has 1 aromatic heterocycles. The van der Waals surface area contributed by atoms with E-state index in [0.717, 1.165) is 0 Å². The Morgan fingerprint density at radius 3 is 2.52 bits per heavy atom. The Bertz CT molecular complexity index is 501. The Labute approximate surface area is 124 Å². The van der Waals surface area contributed by atoms with Crippen LogP contribution in [0.3, 0.4) is 0 Å². The maximum Gasteiger partial charge on any atom is 0.491 e. The minimum atomic E-state index is -1.58. The Balaban J connectivity index is 1.97. The average Bonchev–Trinajstić information content (AvgIpc) is 2.86. The molecule has 1 aliphatic heterocycles. The van der Waals surface area contributed by atoms with Crippen LogP contribution in [-0.4, -0.2) is 51.8 Å². The molecule has 8 heteroatoms. The lowest BCUT2D eigenvalue weighted by molar-refractivity contribution is -0.159. The first-order valence-electron chi connectivity index (χ1n) is 6.92. The fraction of sp³-hybridized carbons (Fsp3) is 0.615. The zero-order valence-corrected chi connectivity index (χ0v) is 12.5. The third-order valence-corrected chi connectivity index (χ3v) is 3.17. The minimum absolute atomic E-state index is 0.184. The van der Waals surface area contributed by atoms with E-state index in [-0.39, 0.29) is 17.4 Å². The largest absolute Gasteiger partial charge is 0.491 e. The standard InChI is InChI=1S/C13H20BN3O4/c1-13(2,3)21-11(18)9-4-5-17(8-9)12-15-6-10(7-16-12)14(19)20/h6-7,9,19-20H,4-5,8H2,1-3H3/t9-/m0/s1. The van der Waals surface area contributed by atoms with Gasteiger partial charge in [0.1, 0.15) is 5.60 Å². The van der Waals surface area contributed by atoms with Crippen LogP contribution in [0.4, 0.5) is 5.95 Å². The summed E-state index contributed by atoms with van der Waals surface area (Å²) in [5.74, 6) is 0.0915. The highest BCUT2D eigenvalue weighted by Crippen LogP contribution is 2.23. The lowest BCUT2D eigenvalue weighted by atomic mass is 9.83. The van der Waals surface area contributed by atoms with Crippen molar-refractivity contribution in [3.05, 3.63) is 12.4 Å². The summed E-state index contributed by atoms with van der Waals surface area (Å²) in [5.41, 5.74) is -0.249. The second kappa shape index (κ2) is 5.99. The molecule has 1 fully saturated rings. The first-order chi connectivity index (χ1) is 9.76. The smallest absolute Gasteiger partial charge is 0.460 e. The number of esters is 1. The van der Waals surface area contributed by atoms with E-state index in [4.69, 9.17) is 14.8 Å². The molecule has 0 aliphatic carbocycles. The first kappa shape index (κ1) is 15.7. The van der Waals surface area contributed by atoms with Crippen LogP contribution in [0.15, 0.2) is 12.4 Å². The highest BCUT2D eigenvalue weighted by molar-refractivity contribution is 6.58. The van der Waals surface area contributed by atoms with Crippen molar-refractivity contribution in [3.63, 3.8) is 0 Å². The third kappa shape index (κ3) is 4.15. The monoisotopic (exact) mass is 293 g/mol. The van der Waals surface area contributed by atoms with Crippen molar-refractivity contribution < 1.29 is 19.6 Å². The van der Waals surface area contributed by atoms with Crippen LogP contribution in [0.2, 0.25) is 0 Å². The summed E-state index contributed by atoms with van der Waals surface area (Å²) < 4.78 is 5.38. The van der Waals surface area contributed by atoms with Crippen molar-refractivity contribution in [3.8, 4) is 0 Å². The van der Waals surface area contributed by atoms with E-state index in [1.54, 1.807) is 0 Å². The molecule has 1 aliphatic rings. The molecule has 0 radical (unpaired) electrons. The van der Waals surface area contributed by atoms with Gasteiger partial charge in [0.15, 0.2) is 0 Å². The lowest BCUT2D eigenvalue weighted by Crippen LogP contribution is -2.33. The van der Waals surface area contributed by atoms with E-state index in [1.807, 2.05) is 25.7 Å². The quantitative estimate of drug-likeness (QED) is 0.563. The Hall–Kier alpha value is -1.67. The molecular formula is C13H20BN3O4. The van der Waals surface area contributed by atoms with Crippen LogP contribution in [0.25, 0.3) is 0 Å². The summed E-state index contributed by atoms with van der Waals surface area (Å²) in [6.45, 7) is 6.72. The molecule has 2 rings (SSSR count). The van der Waals surface area contributed by atoms with Crippen LogP contribution >= 0.6 is 0 Å². The van der Waals surface area contributed by atoms with Gasteiger partial charge in [-0.05, 0) is 27.2 Å². The van der Waals surface area contributed by atoms with Gasteiger partial charge < -0.3 is 19.7 Å². The molecule has 1 aromatic rings. The summed E-state index contributed by atoms with van der Waals surface area (Å²) in [6, 6.07) is 0. The number of ether oxygens (including phenoxy) is 1. The van der Waals surface area contributed by atoms with Crippen molar-refractivity contribution in [2.75, 3.05) is 18.0 Å². The number of anilines is 1. The van der Waals surface area contributed by atoms with Gasteiger partial charge in [-0.3, -0.25) is 4.79 Å². The van der Waals surface area contributed by atoms with Crippen molar-refractivity contribution in [1.82, 2.24) is 9.97 Å². The summed E-state index contributed by atoms with van der Waals surface area (Å²) in [4.78, 5) is 22.1. The Kier molecular flexibility index (Phi) is 4.48. The fourth-order valence-electron chi connectivity index (χ4n) is 2.15. The maximum absolute atomic E-state index is 12.0.